The number of carbonyl (C=O) groups is 1. The molecule has 1 unspecified atom stereocenters. The third-order valence-corrected chi connectivity index (χ3v) is 5.21. The summed E-state index contributed by atoms with van der Waals surface area (Å²) in [6, 6.07) is 8.35. The number of benzene rings is 1. The molecule has 1 atom stereocenters. The largest absolute Gasteiger partial charge is 0.344 e. The molecule has 0 aliphatic heterocycles. The number of ketones is 1. The number of hydrogen-bond donors (Lipinski definition) is 0. The van der Waals surface area contributed by atoms with Crippen LogP contribution in [0.4, 0.5) is 0 Å². The van der Waals surface area contributed by atoms with Crippen LogP contribution in [0.5, 0.6) is 0 Å². The van der Waals surface area contributed by atoms with E-state index in [2.05, 4.69) is 39.2 Å². The maximum absolute atomic E-state index is 13.2. The molecule has 3 aromatic rings. The minimum atomic E-state index is 0.0475. The van der Waals surface area contributed by atoms with Gasteiger partial charge in [0.25, 0.3) is 0 Å². The van der Waals surface area contributed by atoms with Gasteiger partial charge in [0, 0.05) is 53.6 Å². The molecule has 1 aliphatic carbocycles. The molecule has 4 rings (SSSR count). The molecule has 2 heterocycles. The van der Waals surface area contributed by atoms with Crippen molar-refractivity contribution in [1.29, 1.82) is 0 Å². The van der Waals surface area contributed by atoms with Crippen LogP contribution in [0.25, 0.3) is 10.9 Å². The molecule has 0 saturated heterocycles. The third-order valence-electron chi connectivity index (χ3n) is 5.21. The highest BCUT2D eigenvalue weighted by atomic mass is 16.1. The van der Waals surface area contributed by atoms with Gasteiger partial charge < -0.3 is 9.13 Å². The van der Waals surface area contributed by atoms with Gasteiger partial charge in [-0.3, -0.25) is 4.79 Å². The van der Waals surface area contributed by atoms with Crippen molar-refractivity contribution >= 4 is 16.7 Å². The van der Waals surface area contributed by atoms with Crippen molar-refractivity contribution in [3.8, 4) is 0 Å². The van der Waals surface area contributed by atoms with Gasteiger partial charge in [-0.25, -0.2) is 4.98 Å². The zero-order valence-electron chi connectivity index (χ0n) is 14.3. The Hall–Kier alpha value is -2.36. The van der Waals surface area contributed by atoms with Crippen LogP contribution in [0.1, 0.15) is 41.6 Å². The van der Waals surface area contributed by atoms with E-state index in [1.54, 1.807) is 6.20 Å². The van der Waals surface area contributed by atoms with Crippen LogP contribution in [0.3, 0.4) is 0 Å². The lowest BCUT2D eigenvalue weighted by Crippen LogP contribution is -2.27. The first kappa shape index (κ1) is 15.2. The summed E-state index contributed by atoms with van der Waals surface area (Å²) >= 11 is 0. The Morgan fingerprint density at radius 3 is 2.88 bits per heavy atom. The monoisotopic (exact) mass is 321 g/mol. The van der Waals surface area contributed by atoms with Crippen molar-refractivity contribution in [2.24, 2.45) is 5.92 Å². The van der Waals surface area contributed by atoms with Crippen molar-refractivity contribution in [2.45, 2.75) is 46.2 Å². The Bertz CT molecular complexity index is 903. The lowest BCUT2D eigenvalue weighted by atomic mass is 9.85. The summed E-state index contributed by atoms with van der Waals surface area (Å²) in [6.07, 6.45) is 6.76. The Kier molecular flexibility index (Phi) is 3.75. The predicted molar refractivity (Wildman–Crippen MR) is 95.3 cm³/mol. The van der Waals surface area contributed by atoms with E-state index in [4.69, 9.17) is 0 Å². The lowest BCUT2D eigenvalue weighted by Gasteiger charge is -2.23. The van der Waals surface area contributed by atoms with Crippen molar-refractivity contribution in [3.63, 3.8) is 0 Å². The number of Topliss-reactive ketones (excluding diaryl/α,β-unsaturated/α-hetero) is 1. The van der Waals surface area contributed by atoms with Crippen molar-refractivity contribution in [3.05, 3.63) is 53.7 Å². The Labute approximate surface area is 142 Å². The van der Waals surface area contributed by atoms with Gasteiger partial charge in [-0.15, -0.1) is 0 Å². The number of rotatable bonds is 4. The van der Waals surface area contributed by atoms with E-state index < -0.39 is 0 Å². The van der Waals surface area contributed by atoms with Crippen LogP contribution < -0.4 is 0 Å². The van der Waals surface area contributed by atoms with Gasteiger partial charge >= 0.3 is 0 Å². The van der Waals surface area contributed by atoms with Crippen LogP contribution in [0.15, 0.2) is 36.7 Å². The first-order chi connectivity index (χ1) is 11.7. The van der Waals surface area contributed by atoms with Gasteiger partial charge in [0.1, 0.15) is 5.82 Å². The number of carbonyl (C=O) groups excluding carboxylic acids is 1. The number of fused-ring (bicyclic) bond motifs is 3. The molecule has 0 fully saturated rings. The topological polar surface area (TPSA) is 39.8 Å². The van der Waals surface area contributed by atoms with Crippen LogP contribution in [-0.4, -0.2) is 19.9 Å². The fraction of sp³-hybridized carbons (Fsp3) is 0.400. The Balaban J connectivity index is 1.77. The van der Waals surface area contributed by atoms with E-state index in [1.165, 1.54) is 11.2 Å². The average Bonchev–Trinajstić information content (AvgIpc) is 3.13. The first-order valence-electron chi connectivity index (χ1n) is 8.82. The highest BCUT2D eigenvalue weighted by Crippen LogP contribution is 2.35. The molecule has 0 bridgehead atoms. The second-order valence-corrected chi connectivity index (χ2v) is 6.72. The molecule has 2 aromatic heterocycles. The minimum Gasteiger partial charge on any atom is -0.344 e. The number of aromatic nitrogens is 3. The Morgan fingerprint density at radius 1 is 1.29 bits per heavy atom. The molecule has 0 radical (unpaired) electrons. The molecule has 0 spiro atoms. The lowest BCUT2D eigenvalue weighted by molar-refractivity contribution is 0.0887. The normalized spacial score (nSPS) is 17.4. The molecule has 0 N–H and O–H groups in total. The number of hydrogen-bond acceptors (Lipinski definition) is 2. The molecule has 1 aromatic carbocycles. The summed E-state index contributed by atoms with van der Waals surface area (Å²) in [4.78, 5) is 17.5. The summed E-state index contributed by atoms with van der Waals surface area (Å²) in [6.45, 7) is 5.90. The van der Waals surface area contributed by atoms with Crippen LogP contribution in [0.2, 0.25) is 0 Å². The second kappa shape index (κ2) is 5.93. The molecule has 1 aliphatic rings. The summed E-state index contributed by atoms with van der Waals surface area (Å²) in [7, 11) is 0. The van der Waals surface area contributed by atoms with Crippen molar-refractivity contribution in [1.82, 2.24) is 14.1 Å². The van der Waals surface area contributed by atoms with Crippen molar-refractivity contribution in [2.75, 3.05) is 0 Å². The average molecular weight is 321 g/mol. The van der Waals surface area contributed by atoms with Crippen LogP contribution >= 0.6 is 0 Å². The zero-order chi connectivity index (χ0) is 16.7. The summed E-state index contributed by atoms with van der Waals surface area (Å²) < 4.78 is 4.46. The van der Waals surface area contributed by atoms with Gasteiger partial charge in [-0.05, 0) is 32.3 Å². The smallest absolute Gasteiger partial charge is 0.170 e. The van der Waals surface area contributed by atoms with E-state index in [9.17, 15) is 4.79 Å². The SMILES string of the molecule is CCCn1c2c(c3ccccc31)C(=O)C(Cn1ccnc1C)CC2. The van der Waals surface area contributed by atoms with Gasteiger partial charge in [-0.2, -0.15) is 0 Å². The van der Waals surface area contributed by atoms with Gasteiger partial charge in [-0.1, -0.05) is 25.1 Å². The fourth-order valence-electron chi connectivity index (χ4n) is 4.02. The van der Waals surface area contributed by atoms with E-state index in [0.29, 0.717) is 5.78 Å². The highest BCUT2D eigenvalue weighted by Gasteiger charge is 2.32. The molecule has 0 amide bonds. The quantitative estimate of drug-likeness (QED) is 0.728. The molecule has 24 heavy (non-hydrogen) atoms. The summed E-state index contributed by atoms with van der Waals surface area (Å²) in [5.41, 5.74) is 3.41. The second-order valence-electron chi connectivity index (χ2n) is 6.72. The standard InChI is InChI=1S/C20H23N3O/c1-3-11-23-17-7-5-4-6-16(17)19-18(23)9-8-15(20(19)24)13-22-12-10-21-14(22)2/h4-7,10,12,15H,3,8-9,11,13H2,1-2H3. The minimum absolute atomic E-state index is 0.0475. The first-order valence-corrected chi connectivity index (χ1v) is 8.82. The van der Waals surface area contributed by atoms with E-state index >= 15 is 0 Å². The third kappa shape index (κ3) is 2.29. The summed E-state index contributed by atoms with van der Waals surface area (Å²) in [5, 5.41) is 1.12. The number of imidazole rings is 1. The van der Waals surface area contributed by atoms with Crippen LogP contribution in [-0.2, 0) is 19.5 Å². The van der Waals surface area contributed by atoms with E-state index in [-0.39, 0.29) is 5.92 Å². The molecule has 4 nitrogen and oxygen atoms in total. The predicted octanol–water partition coefficient (Wildman–Crippen LogP) is 4.00. The molecular weight excluding hydrogens is 298 g/mol. The maximum atomic E-state index is 13.2. The van der Waals surface area contributed by atoms with E-state index in [0.717, 1.165) is 49.1 Å². The maximum Gasteiger partial charge on any atom is 0.170 e. The molecular formula is C20H23N3O. The molecule has 4 heteroatoms. The highest BCUT2D eigenvalue weighted by molar-refractivity contribution is 6.11. The van der Waals surface area contributed by atoms with E-state index in [1.807, 2.05) is 19.2 Å². The Morgan fingerprint density at radius 2 is 2.12 bits per heavy atom. The van der Waals surface area contributed by atoms with Crippen molar-refractivity contribution < 1.29 is 4.79 Å². The number of para-hydroxylation sites is 1. The molecule has 124 valence electrons. The van der Waals surface area contributed by atoms with Gasteiger partial charge in [0.15, 0.2) is 5.78 Å². The number of nitrogens with zero attached hydrogens (tertiary/aromatic N) is 3. The molecule has 0 saturated carbocycles. The van der Waals surface area contributed by atoms with Gasteiger partial charge in [0.05, 0.1) is 0 Å². The summed E-state index contributed by atoms with van der Waals surface area (Å²) in [5.74, 6) is 1.32. The fourth-order valence-corrected chi connectivity index (χ4v) is 4.02. The number of aryl methyl sites for hydroxylation is 2. The van der Waals surface area contributed by atoms with Crippen LogP contribution in [0, 0.1) is 12.8 Å². The zero-order valence-corrected chi connectivity index (χ0v) is 14.3. The van der Waals surface area contributed by atoms with Gasteiger partial charge in [0.2, 0.25) is 0 Å².